The van der Waals surface area contributed by atoms with Gasteiger partial charge in [0.1, 0.15) is 46.1 Å². The summed E-state index contributed by atoms with van der Waals surface area (Å²) in [6, 6.07) is 75.5. The molecule has 11 nitrogen and oxygen atoms in total. The minimum Gasteiger partial charge on any atom is -0.507 e. The number of benzene rings is 14. The lowest BCUT2D eigenvalue weighted by Gasteiger charge is -2.30. The van der Waals surface area contributed by atoms with Crippen LogP contribution in [0.3, 0.4) is 0 Å². The molecule has 14 aromatic rings. The van der Waals surface area contributed by atoms with Crippen LogP contribution in [0.4, 0.5) is 4.39 Å². The summed E-state index contributed by atoms with van der Waals surface area (Å²) in [5.74, 6) is 10.6. The van der Waals surface area contributed by atoms with Gasteiger partial charge in [0.25, 0.3) is 0 Å². The monoisotopic (exact) mass is 1830 g/mol. The zero-order chi connectivity index (χ0) is 99.4. The van der Waals surface area contributed by atoms with Crippen molar-refractivity contribution in [2.24, 2.45) is 0 Å². The highest BCUT2D eigenvalue weighted by molar-refractivity contribution is 5.76. The third-order valence-electron chi connectivity index (χ3n) is 27.4. The number of aliphatic hydroxyl groups is 3. The molecular formula is C125H131FO11. The first-order valence-electron chi connectivity index (χ1n) is 47.3. The zero-order valence-corrected chi connectivity index (χ0v) is 82.9. The molecule has 4 unspecified atom stereocenters. The molecule has 0 fully saturated rings. The Labute approximate surface area is 811 Å². The second kappa shape index (κ2) is 43.9. The average molecular weight is 1830 g/mol. The first kappa shape index (κ1) is 102. The van der Waals surface area contributed by atoms with Gasteiger partial charge in [0.2, 0.25) is 0 Å². The van der Waals surface area contributed by atoms with E-state index in [2.05, 4.69) is 143 Å². The summed E-state index contributed by atoms with van der Waals surface area (Å²) in [7, 11) is 3.48. The van der Waals surface area contributed by atoms with Gasteiger partial charge in [-0.1, -0.05) is 172 Å². The number of terminal acetylenes is 3. The molecule has 18 rings (SSSR count). The molecule has 0 amide bonds. The van der Waals surface area contributed by atoms with Crippen LogP contribution < -0.4 is 4.74 Å². The van der Waals surface area contributed by atoms with Crippen molar-refractivity contribution in [2.45, 2.75) is 218 Å². The molecule has 0 saturated carbocycles. The van der Waals surface area contributed by atoms with E-state index in [1.54, 1.807) is 20.3 Å². The van der Waals surface area contributed by atoms with E-state index in [0.717, 1.165) is 218 Å². The van der Waals surface area contributed by atoms with Crippen molar-refractivity contribution in [3.63, 3.8) is 0 Å². The van der Waals surface area contributed by atoms with Crippen molar-refractivity contribution in [2.75, 3.05) is 14.2 Å². The lowest BCUT2D eigenvalue weighted by atomic mass is 9.78. The van der Waals surface area contributed by atoms with E-state index >= 15 is 0 Å². The third kappa shape index (κ3) is 23.1. The number of aryl methyl sites for hydroxylation is 21. The Morgan fingerprint density at radius 1 is 0.307 bits per heavy atom. The Bertz CT molecular complexity index is 6800. The first-order valence-corrected chi connectivity index (χ1v) is 47.3. The number of methoxy groups -OCH3 is 2. The van der Waals surface area contributed by atoms with Gasteiger partial charge in [0.05, 0.1) is 13.2 Å². The Kier molecular flexibility index (Phi) is 32.7. The van der Waals surface area contributed by atoms with Crippen LogP contribution >= 0.6 is 0 Å². The summed E-state index contributed by atoms with van der Waals surface area (Å²) in [5.41, 5.74) is 37.2. The summed E-state index contributed by atoms with van der Waals surface area (Å²) in [4.78, 5) is 0. The molecule has 0 aromatic heterocycles. The summed E-state index contributed by atoms with van der Waals surface area (Å²) in [6.07, 6.45) is 26.9. The molecule has 9 N–H and O–H groups in total. The fourth-order valence-corrected chi connectivity index (χ4v) is 19.3. The minimum atomic E-state index is -1.13. The summed E-state index contributed by atoms with van der Waals surface area (Å²) in [6.45, 7) is 33.3. The van der Waals surface area contributed by atoms with Gasteiger partial charge in [-0.25, -0.2) is 4.39 Å². The van der Waals surface area contributed by atoms with Gasteiger partial charge in [-0.3, -0.25) is 0 Å². The lowest BCUT2D eigenvalue weighted by molar-refractivity contribution is 0.0806. The molecule has 12 heteroatoms. The molecule has 4 aliphatic carbocycles. The Morgan fingerprint density at radius 2 is 0.606 bits per heavy atom. The number of fused-ring (bicyclic) bond motifs is 4. The van der Waals surface area contributed by atoms with Gasteiger partial charge in [-0.05, 0) is 482 Å². The number of halogens is 1. The topological polar surface area (TPSA) is 201 Å². The van der Waals surface area contributed by atoms with E-state index in [9.17, 15) is 50.3 Å². The zero-order valence-electron chi connectivity index (χ0n) is 82.9. The molecule has 0 radical (unpaired) electrons. The smallest absolute Gasteiger partial charge is 0.151 e. The molecule has 0 spiro atoms. The summed E-state index contributed by atoms with van der Waals surface area (Å²) >= 11 is 0. The summed E-state index contributed by atoms with van der Waals surface area (Å²) < 4.78 is 24.7. The number of phenolic OH excluding ortho intramolecular Hbond substituents is 6. The summed E-state index contributed by atoms with van der Waals surface area (Å²) in [5, 5.41) is 90.3. The number of ether oxygens (including phenoxy) is 2. The lowest BCUT2D eigenvalue weighted by Crippen LogP contribution is -2.28. The van der Waals surface area contributed by atoms with Crippen molar-refractivity contribution >= 4 is 0 Å². The van der Waals surface area contributed by atoms with E-state index in [-0.39, 0.29) is 11.9 Å². The molecule has 4 atom stereocenters. The quantitative estimate of drug-likeness (QED) is 0.0527. The first-order chi connectivity index (χ1) is 65.2. The van der Waals surface area contributed by atoms with Crippen LogP contribution in [-0.4, -0.2) is 60.2 Å². The second-order valence-corrected chi connectivity index (χ2v) is 37.3. The van der Waals surface area contributed by atoms with Crippen LogP contribution in [0.25, 0.3) is 77.9 Å². The Balaban J connectivity index is 0.000000144. The van der Waals surface area contributed by atoms with E-state index in [0.29, 0.717) is 60.2 Å². The number of rotatable bonds is 12. The highest BCUT2D eigenvalue weighted by Gasteiger charge is 2.37. The fraction of sp³-hybridized carbons (Fsp3) is 0.280. The maximum Gasteiger partial charge on any atom is 0.151 e. The highest BCUT2D eigenvalue weighted by Crippen LogP contribution is 2.45. The minimum absolute atomic E-state index is 0.168. The SMILES string of the molecule is C#CC1(O)CCCc2cc(-c3cc(C)c(O)c(C)c3)ccc21.C#CC1(O)CCc2cc(-c3cc(C)c(O)c(C)c3)ccc21.C#CC1(O)CCc2cc(-c3cc(C)c(OC)c(C)c3)ccc21.CCc1ccc(-c2cc(C)c(O)c(C)c2)cc1.CCc1ccc(-c2cc(C)c(O)c(C)c2)cc1F.CCc1cccc(-c2cc(C)c(O)c(C)c2)c1.COC1CCc2cc(-c3cc(C)c(O)c(C)c3)ccc21. The van der Waals surface area contributed by atoms with Crippen LogP contribution in [-0.2, 0) is 66.5 Å². The molecule has 0 aliphatic heterocycles. The van der Waals surface area contributed by atoms with Crippen molar-refractivity contribution in [3.05, 3.63) is 369 Å². The third-order valence-corrected chi connectivity index (χ3v) is 27.4. The van der Waals surface area contributed by atoms with E-state index < -0.39 is 16.8 Å². The average Bonchev–Trinajstić information content (AvgIpc) is 1.35. The maximum atomic E-state index is 13.8. The van der Waals surface area contributed by atoms with Crippen LogP contribution in [0.5, 0.6) is 40.2 Å². The van der Waals surface area contributed by atoms with Gasteiger partial charge < -0.3 is 55.4 Å². The van der Waals surface area contributed by atoms with Gasteiger partial charge >= 0.3 is 0 Å². The molecule has 0 saturated heterocycles. The van der Waals surface area contributed by atoms with Crippen molar-refractivity contribution in [3.8, 4) is 155 Å². The number of hydrogen-bond acceptors (Lipinski definition) is 11. The molecular weight excluding hydrogens is 1700 g/mol. The van der Waals surface area contributed by atoms with Crippen LogP contribution in [0.1, 0.15) is 198 Å². The Hall–Kier alpha value is -13.9. The van der Waals surface area contributed by atoms with Crippen LogP contribution in [0.2, 0.25) is 0 Å². The predicted octanol–water partition coefficient (Wildman–Crippen LogP) is 28.2. The number of hydrogen-bond donors (Lipinski definition) is 9. The standard InChI is InChI=1S/2C20H20O2.C19H18O2.C18H20O2.C16H17FO.2C16H18O/c1-5-20(21)9-8-16-12-15(6-7-18(16)20)17-10-13(2)19(22-4)14(3)11-17;1-4-20(22)9-5-6-16-12-15(7-8-18(16)20)17-10-13(2)19(21)14(3)11-17;1-4-19(21)8-7-15-11-14(5-6-17(15)19)16-9-12(2)18(20)13(3)10-16;1-11-8-15(9-12(2)18(11)19)13-4-6-16-14(10-13)5-7-17(16)20-3;1-4-12-5-6-13(9-15(12)17)14-7-10(2)16(18)11(3)8-14;1-4-13-5-7-14(8-6-13)15-9-11(2)16(17)12(3)10-15;1-4-13-6-5-7-14(10-13)15-8-11(2)16(17)12(3)9-15/h1,6-7,10-12,21H,8-9H2,2-4H3;1,7-8,10-12,21-22H,5-6,9H2,2-3H3;1,5-6,9-11,20-21H,7-8H2,2-3H3;4,6,8-10,17,19H,5,7H2,1-3H3;5-9,18H,4H2,1-3H3;2*5-10,17H,4H2,1-3H3. The predicted molar refractivity (Wildman–Crippen MR) is 560 cm³/mol. The number of phenols is 6. The van der Waals surface area contributed by atoms with Gasteiger partial charge in [0, 0.05) is 7.11 Å². The van der Waals surface area contributed by atoms with Crippen molar-refractivity contribution in [1.82, 2.24) is 0 Å². The van der Waals surface area contributed by atoms with E-state index in [4.69, 9.17) is 28.7 Å². The molecule has 14 aromatic carbocycles. The molecule has 0 bridgehead atoms. The molecule has 4 aliphatic rings. The van der Waals surface area contributed by atoms with Gasteiger partial charge in [0.15, 0.2) is 16.8 Å². The van der Waals surface area contributed by atoms with E-state index in [1.807, 2.05) is 211 Å². The van der Waals surface area contributed by atoms with Crippen molar-refractivity contribution in [1.29, 1.82) is 0 Å². The Morgan fingerprint density at radius 3 is 0.934 bits per heavy atom. The molecule has 0 heterocycles. The van der Waals surface area contributed by atoms with Crippen molar-refractivity contribution < 1.29 is 59.8 Å². The fourth-order valence-electron chi connectivity index (χ4n) is 19.3. The van der Waals surface area contributed by atoms with Crippen LogP contribution in [0.15, 0.2) is 224 Å². The van der Waals surface area contributed by atoms with Gasteiger partial charge in [-0.15, -0.1) is 19.3 Å². The van der Waals surface area contributed by atoms with Gasteiger partial charge in [-0.2, -0.15) is 0 Å². The van der Waals surface area contributed by atoms with E-state index in [1.165, 1.54) is 55.6 Å². The number of aromatic hydroxyl groups is 6. The maximum absolute atomic E-state index is 13.8. The molecule has 137 heavy (non-hydrogen) atoms. The van der Waals surface area contributed by atoms with Crippen LogP contribution in [0, 0.1) is 140 Å². The highest BCUT2D eigenvalue weighted by atomic mass is 19.1. The molecule has 704 valence electrons. The second-order valence-electron chi connectivity index (χ2n) is 37.3. The largest absolute Gasteiger partial charge is 0.507 e. The normalized spacial score (nSPS) is 16.0.